The minimum Gasteiger partial charge on any atom is -0.397 e. The lowest BCUT2D eigenvalue weighted by atomic mass is 10.1. The van der Waals surface area contributed by atoms with E-state index in [2.05, 4.69) is 15.7 Å². The first-order valence-electron chi connectivity index (χ1n) is 12.2. The van der Waals surface area contributed by atoms with Gasteiger partial charge in [0.05, 0.1) is 23.3 Å². The number of hydrogen-bond acceptors (Lipinski definition) is 7. The Labute approximate surface area is 224 Å². The van der Waals surface area contributed by atoms with Gasteiger partial charge >= 0.3 is 6.18 Å². The van der Waals surface area contributed by atoms with Crippen molar-refractivity contribution >= 4 is 17.3 Å². The van der Waals surface area contributed by atoms with E-state index < -0.39 is 17.6 Å². The number of allylic oxidation sites excluding steroid dienone is 1. The number of halogens is 3. The predicted molar refractivity (Wildman–Crippen MR) is 144 cm³/mol. The second-order valence-corrected chi connectivity index (χ2v) is 9.37. The standard InChI is InChI=1S/C27H31F3N8O/c1-17-4-5-20(12-25(17)38(32)15-24(31)23-14-34-36(3)18(23)2)26(39)35-22-11-19(6-8-37-9-7-33-16-37)10-21(13-22)27(28,29)30/h4-5,7,9-13,15-16,34H,6,8,14,31-32H2,1-3H3,(H,35,39)/b24-15-. The van der Waals surface area contributed by atoms with E-state index in [1.54, 1.807) is 53.8 Å². The predicted octanol–water partition coefficient (Wildman–Crippen LogP) is 3.91. The van der Waals surface area contributed by atoms with Crippen molar-refractivity contribution in [3.63, 3.8) is 0 Å². The Bertz CT molecular complexity index is 1410. The molecule has 0 radical (unpaired) electrons. The second-order valence-electron chi connectivity index (χ2n) is 9.37. The van der Waals surface area contributed by atoms with Crippen LogP contribution in [0.5, 0.6) is 0 Å². The van der Waals surface area contributed by atoms with Crippen LogP contribution < -0.4 is 27.3 Å². The van der Waals surface area contributed by atoms with E-state index in [4.69, 9.17) is 11.6 Å². The summed E-state index contributed by atoms with van der Waals surface area (Å²) in [5.74, 6) is 5.72. The van der Waals surface area contributed by atoms with E-state index in [0.717, 1.165) is 29.0 Å². The first-order chi connectivity index (χ1) is 18.4. The van der Waals surface area contributed by atoms with Crippen LogP contribution in [0.2, 0.25) is 0 Å². The number of carbonyl (C=O) groups excluding carboxylic acids is 1. The summed E-state index contributed by atoms with van der Waals surface area (Å²) in [5, 5.41) is 5.80. The van der Waals surface area contributed by atoms with Crippen LogP contribution in [0.4, 0.5) is 24.5 Å². The Morgan fingerprint density at radius 3 is 2.64 bits per heavy atom. The number of alkyl halides is 3. The van der Waals surface area contributed by atoms with Crippen LogP contribution in [-0.4, -0.2) is 34.1 Å². The Morgan fingerprint density at radius 1 is 1.23 bits per heavy atom. The van der Waals surface area contributed by atoms with Crippen molar-refractivity contribution in [3.05, 3.63) is 101 Å². The number of nitrogens with two attached hydrogens (primary N) is 2. The number of nitrogens with zero attached hydrogens (tertiary/aromatic N) is 4. The fourth-order valence-electron chi connectivity index (χ4n) is 4.24. The number of amides is 1. The summed E-state index contributed by atoms with van der Waals surface area (Å²) >= 11 is 0. The zero-order valence-corrected chi connectivity index (χ0v) is 21.9. The zero-order chi connectivity index (χ0) is 28.3. The van der Waals surface area contributed by atoms with Crippen molar-refractivity contribution in [2.45, 2.75) is 33.0 Å². The molecule has 39 heavy (non-hydrogen) atoms. The van der Waals surface area contributed by atoms with Gasteiger partial charge in [0.15, 0.2) is 0 Å². The molecular weight excluding hydrogens is 509 g/mol. The number of rotatable bonds is 8. The average Bonchev–Trinajstić information content (AvgIpc) is 3.52. The monoisotopic (exact) mass is 540 g/mol. The molecular formula is C27H31F3N8O. The minimum atomic E-state index is -4.56. The molecule has 0 bridgehead atoms. The third-order valence-electron chi connectivity index (χ3n) is 6.60. The summed E-state index contributed by atoms with van der Waals surface area (Å²) < 4.78 is 42.6. The van der Waals surface area contributed by atoms with Crippen LogP contribution in [0, 0.1) is 6.92 Å². The lowest BCUT2D eigenvalue weighted by molar-refractivity contribution is -0.137. The summed E-state index contributed by atoms with van der Waals surface area (Å²) in [6.07, 6.45) is 2.26. The van der Waals surface area contributed by atoms with Gasteiger partial charge in [0.25, 0.3) is 5.91 Å². The molecule has 0 saturated carbocycles. The zero-order valence-electron chi connectivity index (χ0n) is 21.9. The molecule has 0 saturated heterocycles. The molecule has 3 aromatic rings. The highest BCUT2D eigenvalue weighted by molar-refractivity contribution is 6.05. The van der Waals surface area contributed by atoms with Gasteiger partial charge in [-0.05, 0) is 61.7 Å². The molecule has 1 aliphatic rings. The number of aromatic nitrogens is 2. The fourth-order valence-corrected chi connectivity index (χ4v) is 4.24. The summed E-state index contributed by atoms with van der Waals surface area (Å²) in [5.41, 5.74) is 12.9. The van der Waals surface area contributed by atoms with Crippen LogP contribution in [-0.2, 0) is 19.1 Å². The third-order valence-corrected chi connectivity index (χ3v) is 6.60. The molecule has 4 rings (SSSR count). The van der Waals surface area contributed by atoms with Crippen molar-refractivity contribution in [2.75, 3.05) is 23.9 Å². The molecule has 0 spiro atoms. The van der Waals surface area contributed by atoms with Gasteiger partial charge in [-0.25, -0.2) is 16.3 Å². The fraction of sp³-hybridized carbons (Fsp3) is 0.259. The second kappa shape index (κ2) is 11.2. The molecule has 0 aliphatic carbocycles. The van der Waals surface area contributed by atoms with E-state index in [0.29, 0.717) is 36.5 Å². The summed E-state index contributed by atoms with van der Waals surface area (Å²) in [4.78, 5) is 17.0. The Morgan fingerprint density at radius 2 is 2.00 bits per heavy atom. The van der Waals surface area contributed by atoms with Gasteiger partial charge in [0.2, 0.25) is 0 Å². The molecule has 6 N–H and O–H groups in total. The Hall–Kier alpha value is -4.29. The smallest absolute Gasteiger partial charge is 0.397 e. The van der Waals surface area contributed by atoms with Crippen LogP contribution in [0.3, 0.4) is 0 Å². The van der Waals surface area contributed by atoms with Crippen LogP contribution in [0.1, 0.15) is 34.0 Å². The van der Waals surface area contributed by atoms with Gasteiger partial charge in [-0.3, -0.25) is 9.80 Å². The average molecular weight is 541 g/mol. The maximum atomic E-state index is 13.6. The molecule has 1 aromatic heterocycles. The number of hydrogen-bond donors (Lipinski definition) is 4. The van der Waals surface area contributed by atoms with E-state index in [1.807, 2.05) is 25.9 Å². The first kappa shape index (κ1) is 27.7. The molecule has 1 amide bonds. The van der Waals surface area contributed by atoms with E-state index in [1.165, 1.54) is 5.01 Å². The molecule has 0 fully saturated rings. The Kier molecular flexibility index (Phi) is 7.98. The quantitative estimate of drug-likeness (QED) is 0.253. The largest absolute Gasteiger partial charge is 0.416 e. The number of aryl methyl sites for hydroxylation is 3. The molecule has 0 unspecified atom stereocenters. The SMILES string of the molecule is CC1=C(/C(N)=C/N(N)c2cc(C(=O)Nc3cc(CCn4ccnc4)cc(C(F)(F)F)c3)ccc2C)CNN1C. The van der Waals surface area contributed by atoms with Gasteiger partial charge in [0.1, 0.15) is 0 Å². The lowest BCUT2D eigenvalue weighted by Gasteiger charge is -2.19. The highest BCUT2D eigenvalue weighted by Crippen LogP contribution is 2.32. The molecule has 9 nitrogen and oxygen atoms in total. The molecule has 206 valence electrons. The normalized spacial score (nSPS) is 14.2. The summed E-state index contributed by atoms with van der Waals surface area (Å²) in [6.45, 7) is 4.77. The number of imidazole rings is 1. The molecule has 2 heterocycles. The number of hydrazine groups is 2. The highest BCUT2D eigenvalue weighted by Gasteiger charge is 2.31. The number of benzene rings is 2. The highest BCUT2D eigenvalue weighted by atomic mass is 19.4. The van der Waals surface area contributed by atoms with Gasteiger partial charge in [-0.15, -0.1) is 0 Å². The van der Waals surface area contributed by atoms with Crippen molar-refractivity contribution in [2.24, 2.45) is 11.6 Å². The van der Waals surface area contributed by atoms with Crippen LogP contribution in [0.25, 0.3) is 0 Å². The van der Waals surface area contributed by atoms with E-state index >= 15 is 0 Å². The van der Waals surface area contributed by atoms with Gasteiger partial charge in [-0.2, -0.15) is 13.2 Å². The maximum absolute atomic E-state index is 13.6. The number of carbonyl (C=O) groups is 1. The van der Waals surface area contributed by atoms with E-state index in [9.17, 15) is 18.0 Å². The van der Waals surface area contributed by atoms with Crippen LogP contribution >= 0.6 is 0 Å². The Balaban J connectivity index is 1.56. The molecule has 12 heteroatoms. The topological polar surface area (TPSA) is 117 Å². The van der Waals surface area contributed by atoms with E-state index in [-0.39, 0.29) is 11.3 Å². The van der Waals surface area contributed by atoms with Crippen LogP contribution in [0.15, 0.2) is 78.3 Å². The molecule has 2 aromatic carbocycles. The van der Waals surface area contributed by atoms with Gasteiger partial charge < -0.3 is 20.6 Å². The van der Waals surface area contributed by atoms with Gasteiger partial charge in [0, 0.05) is 61.3 Å². The molecule has 0 atom stereocenters. The van der Waals surface area contributed by atoms with Crippen molar-refractivity contribution in [1.82, 2.24) is 20.0 Å². The third kappa shape index (κ3) is 6.59. The molecule has 1 aliphatic heterocycles. The first-order valence-corrected chi connectivity index (χ1v) is 12.2. The summed E-state index contributed by atoms with van der Waals surface area (Å²) in [7, 11) is 1.88. The van der Waals surface area contributed by atoms with Crippen molar-refractivity contribution in [1.29, 1.82) is 0 Å². The number of nitrogens with one attached hydrogen (secondary N) is 2. The van der Waals surface area contributed by atoms with Gasteiger partial charge in [-0.1, -0.05) is 6.07 Å². The number of anilines is 2. The van der Waals surface area contributed by atoms with Crippen molar-refractivity contribution < 1.29 is 18.0 Å². The maximum Gasteiger partial charge on any atom is 0.416 e. The lowest BCUT2D eigenvalue weighted by Crippen LogP contribution is -2.28. The van der Waals surface area contributed by atoms with Crippen molar-refractivity contribution in [3.8, 4) is 0 Å². The summed E-state index contributed by atoms with van der Waals surface area (Å²) in [6, 6.07) is 8.43. The minimum absolute atomic E-state index is 0.0478.